The van der Waals surface area contributed by atoms with Crippen molar-refractivity contribution in [1.82, 2.24) is 10.2 Å². The number of carbonyl (C=O) groups is 2. The quantitative estimate of drug-likeness (QED) is 0.465. The molecule has 0 aliphatic rings. The number of amides is 2. The Bertz CT molecular complexity index is 1050. The second-order valence-corrected chi connectivity index (χ2v) is 8.34. The molecule has 0 aromatic heterocycles. The van der Waals surface area contributed by atoms with Gasteiger partial charge in [-0.15, -0.1) is 0 Å². The van der Waals surface area contributed by atoms with Gasteiger partial charge in [-0.2, -0.15) is 0 Å². The molecule has 178 valence electrons. The average molecular weight is 461 g/mol. The Morgan fingerprint density at radius 1 is 0.853 bits per heavy atom. The largest absolute Gasteiger partial charge is 0.497 e. The first-order valence-electron chi connectivity index (χ1n) is 11.4. The van der Waals surface area contributed by atoms with E-state index in [-0.39, 0.29) is 31.0 Å². The first kappa shape index (κ1) is 24.8. The lowest BCUT2D eigenvalue weighted by molar-refractivity contribution is -0.143. The molecule has 2 amide bonds. The SMILES string of the molecule is COc1cccc(CN(C(=O)COc2ccccc2)[C@H](Cc2ccccc2)C(=O)NC(C)C)c1. The van der Waals surface area contributed by atoms with Crippen molar-refractivity contribution in [3.05, 3.63) is 96.1 Å². The van der Waals surface area contributed by atoms with Gasteiger partial charge >= 0.3 is 0 Å². The van der Waals surface area contributed by atoms with E-state index in [2.05, 4.69) is 5.32 Å². The van der Waals surface area contributed by atoms with Gasteiger partial charge in [-0.3, -0.25) is 9.59 Å². The molecular formula is C28H32N2O4. The number of para-hydroxylation sites is 1. The minimum atomic E-state index is -0.706. The summed E-state index contributed by atoms with van der Waals surface area (Å²) in [6.45, 7) is 3.89. The maximum atomic E-state index is 13.5. The third kappa shape index (κ3) is 7.37. The number of nitrogens with one attached hydrogen (secondary N) is 1. The summed E-state index contributed by atoms with van der Waals surface area (Å²) in [7, 11) is 1.60. The molecule has 34 heavy (non-hydrogen) atoms. The summed E-state index contributed by atoms with van der Waals surface area (Å²) >= 11 is 0. The predicted molar refractivity (Wildman–Crippen MR) is 133 cm³/mol. The summed E-state index contributed by atoms with van der Waals surface area (Å²) < 4.78 is 11.1. The van der Waals surface area contributed by atoms with Crippen molar-refractivity contribution in [2.45, 2.75) is 38.9 Å². The van der Waals surface area contributed by atoms with Crippen molar-refractivity contribution >= 4 is 11.8 Å². The first-order valence-corrected chi connectivity index (χ1v) is 11.4. The van der Waals surface area contributed by atoms with Crippen LogP contribution < -0.4 is 14.8 Å². The smallest absolute Gasteiger partial charge is 0.261 e. The van der Waals surface area contributed by atoms with Crippen molar-refractivity contribution in [3.63, 3.8) is 0 Å². The highest BCUT2D eigenvalue weighted by molar-refractivity contribution is 5.88. The fourth-order valence-electron chi connectivity index (χ4n) is 3.65. The maximum absolute atomic E-state index is 13.5. The van der Waals surface area contributed by atoms with Crippen LogP contribution in [0.5, 0.6) is 11.5 Å². The van der Waals surface area contributed by atoms with E-state index in [1.165, 1.54) is 0 Å². The lowest BCUT2D eigenvalue weighted by Gasteiger charge is -2.32. The van der Waals surface area contributed by atoms with E-state index in [9.17, 15) is 9.59 Å². The zero-order chi connectivity index (χ0) is 24.3. The van der Waals surface area contributed by atoms with Crippen LogP contribution in [0.4, 0.5) is 0 Å². The molecule has 0 saturated heterocycles. The summed E-state index contributed by atoms with van der Waals surface area (Å²) in [5.41, 5.74) is 1.83. The highest BCUT2D eigenvalue weighted by Crippen LogP contribution is 2.19. The predicted octanol–water partition coefficient (Wildman–Crippen LogP) is 4.24. The van der Waals surface area contributed by atoms with Crippen LogP contribution in [-0.4, -0.2) is 42.5 Å². The van der Waals surface area contributed by atoms with E-state index in [0.717, 1.165) is 11.1 Å². The third-order valence-corrected chi connectivity index (χ3v) is 5.29. The minimum absolute atomic E-state index is 0.0555. The number of methoxy groups -OCH3 is 1. The minimum Gasteiger partial charge on any atom is -0.497 e. The van der Waals surface area contributed by atoms with Crippen molar-refractivity contribution in [2.75, 3.05) is 13.7 Å². The third-order valence-electron chi connectivity index (χ3n) is 5.29. The molecule has 3 rings (SSSR count). The number of nitrogens with zero attached hydrogens (tertiary/aromatic N) is 1. The van der Waals surface area contributed by atoms with Crippen LogP contribution in [-0.2, 0) is 22.6 Å². The number of carbonyl (C=O) groups excluding carboxylic acids is 2. The Balaban J connectivity index is 1.91. The van der Waals surface area contributed by atoms with Gasteiger partial charge in [0.2, 0.25) is 5.91 Å². The standard InChI is InChI=1S/C28H32N2O4/c1-21(2)29-28(32)26(18-22-11-6-4-7-12-22)30(19-23-13-10-16-25(17-23)33-3)27(31)20-34-24-14-8-5-9-15-24/h4-17,21,26H,18-20H2,1-3H3,(H,29,32)/t26-/m1/s1. The fourth-order valence-corrected chi connectivity index (χ4v) is 3.65. The zero-order valence-corrected chi connectivity index (χ0v) is 19.9. The van der Waals surface area contributed by atoms with Gasteiger partial charge in [0.25, 0.3) is 5.91 Å². The molecule has 3 aromatic carbocycles. The number of rotatable bonds is 11. The van der Waals surface area contributed by atoms with E-state index in [0.29, 0.717) is 17.9 Å². The number of hydrogen-bond donors (Lipinski definition) is 1. The summed E-state index contributed by atoms with van der Waals surface area (Å²) in [5.74, 6) is 0.821. The molecule has 0 unspecified atom stereocenters. The molecule has 0 bridgehead atoms. The molecule has 0 fully saturated rings. The van der Waals surface area contributed by atoms with E-state index in [4.69, 9.17) is 9.47 Å². The molecule has 3 aromatic rings. The highest BCUT2D eigenvalue weighted by atomic mass is 16.5. The number of ether oxygens (including phenoxy) is 2. The normalized spacial score (nSPS) is 11.5. The van der Waals surface area contributed by atoms with E-state index >= 15 is 0 Å². The molecule has 0 aliphatic heterocycles. The second-order valence-electron chi connectivity index (χ2n) is 8.34. The van der Waals surface area contributed by atoms with Crippen LogP contribution >= 0.6 is 0 Å². The topological polar surface area (TPSA) is 67.9 Å². The maximum Gasteiger partial charge on any atom is 0.261 e. The molecule has 0 radical (unpaired) electrons. The molecule has 0 saturated carbocycles. The summed E-state index contributed by atoms with van der Waals surface area (Å²) in [6.07, 6.45) is 0.389. The Kier molecular flexibility index (Phi) is 9.09. The van der Waals surface area contributed by atoms with Crippen LogP contribution in [0.2, 0.25) is 0 Å². The van der Waals surface area contributed by atoms with Crippen molar-refractivity contribution in [1.29, 1.82) is 0 Å². The monoisotopic (exact) mass is 460 g/mol. The summed E-state index contributed by atoms with van der Waals surface area (Å²) in [4.78, 5) is 28.4. The molecule has 1 N–H and O–H groups in total. The van der Waals surface area contributed by atoms with E-state index < -0.39 is 6.04 Å². The second kappa shape index (κ2) is 12.4. The van der Waals surface area contributed by atoms with Crippen LogP contribution in [0.15, 0.2) is 84.9 Å². The van der Waals surface area contributed by atoms with Crippen LogP contribution in [0, 0.1) is 0 Å². The van der Waals surface area contributed by atoms with Gasteiger partial charge < -0.3 is 19.7 Å². The van der Waals surface area contributed by atoms with Gasteiger partial charge in [0.1, 0.15) is 17.5 Å². The lowest BCUT2D eigenvalue weighted by atomic mass is 10.0. The Labute approximate surface area is 201 Å². The van der Waals surface area contributed by atoms with Gasteiger partial charge in [0.05, 0.1) is 7.11 Å². The van der Waals surface area contributed by atoms with Gasteiger partial charge in [-0.1, -0.05) is 60.7 Å². The Morgan fingerprint density at radius 2 is 1.47 bits per heavy atom. The van der Waals surface area contributed by atoms with Gasteiger partial charge in [0.15, 0.2) is 6.61 Å². The molecule has 6 nitrogen and oxygen atoms in total. The lowest BCUT2D eigenvalue weighted by Crippen LogP contribution is -2.52. The zero-order valence-electron chi connectivity index (χ0n) is 19.9. The van der Waals surface area contributed by atoms with Crippen molar-refractivity contribution < 1.29 is 19.1 Å². The van der Waals surface area contributed by atoms with Crippen LogP contribution in [0.25, 0.3) is 0 Å². The summed E-state index contributed by atoms with van der Waals surface area (Å²) in [5, 5.41) is 2.98. The van der Waals surface area contributed by atoms with Crippen molar-refractivity contribution in [2.24, 2.45) is 0 Å². The van der Waals surface area contributed by atoms with Gasteiger partial charge in [-0.05, 0) is 49.2 Å². The molecule has 1 atom stereocenters. The molecular weight excluding hydrogens is 428 g/mol. The fraction of sp³-hybridized carbons (Fsp3) is 0.286. The van der Waals surface area contributed by atoms with Crippen LogP contribution in [0.3, 0.4) is 0 Å². The van der Waals surface area contributed by atoms with Crippen molar-refractivity contribution in [3.8, 4) is 11.5 Å². The van der Waals surface area contributed by atoms with Gasteiger partial charge in [0, 0.05) is 19.0 Å². The first-order chi connectivity index (χ1) is 16.5. The van der Waals surface area contributed by atoms with E-state index in [1.807, 2.05) is 86.6 Å². The number of benzene rings is 3. The van der Waals surface area contributed by atoms with Gasteiger partial charge in [-0.25, -0.2) is 0 Å². The average Bonchev–Trinajstić information content (AvgIpc) is 2.85. The van der Waals surface area contributed by atoms with Crippen LogP contribution in [0.1, 0.15) is 25.0 Å². The molecule has 0 spiro atoms. The Morgan fingerprint density at radius 3 is 2.12 bits per heavy atom. The Hall–Kier alpha value is -3.80. The van der Waals surface area contributed by atoms with E-state index in [1.54, 1.807) is 24.1 Å². The summed E-state index contributed by atoms with van der Waals surface area (Å²) in [6, 6.07) is 25.6. The molecule has 0 aliphatic carbocycles. The number of hydrogen-bond acceptors (Lipinski definition) is 4. The highest BCUT2D eigenvalue weighted by Gasteiger charge is 2.31. The molecule has 0 heterocycles. The molecule has 6 heteroatoms.